The predicted octanol–water partition coefficient (Wildman–Crippen LogP) is 5.38. The number of amides is 1. The molecule has 0 unspecified atom stereocenters. The lowest BCUT2D eigenvalue weighted by molar-refractivity contribution is -0.539. The van der Waals surface area contributed by atoms with Crippen LogP contribution in [-0.2, 0) is 4.79 Å². The van der Waals surface area contributed by atoms with Crippen LogP contribution in [-0.4, -0.2) is 5.91 Å². The number of aromatic nitrogens is 1. The van der Waals surface area contributed by atoms with E-state index in [2.05, 4.69) is 22.1 Å². The molecule has 134 valence electrons. The van der Waals surface area contributed by atoms with Crippen LogP contribution < -0.4 is 9.47 Å². The fraction of sp³-hybridized carbons (Fsp3) is 0. The molecule has 5 rings (SSSR count). The number of rotatable bonds is 3. The van der Waals surface area contributed by atoms with Gasteiger partial charge in [-0.05, 0) is 17.7 Å². The van der Waals surface area contributed by atoms with Crippen LogP contribution in [0.1, 0.15) is 5.56 Å². The van der Waals surface area contributed by atoms with Gasteiger partial charge in [0.05, 0.1) is 0 Å². The lowest BCUT2D eigenvalue weighted by Gasteiger charge is -2.04. The normalized spacial score (nSPS) is 14.5. The third-order valence-electron chi connectivity index (χ3n) is 4.75. The standard InChI is InChI=1S/C24H17N2OS/c27-23-21(16-18-10-4-1-5-11-18)26-22(19-12-6-2-7-13-19)17-28-24(26)25(23)20-14-8-3-9-15-20/h1-17H/q+1/b21-16+. The van der Waals surface area contributed by atoms with Gasteiger partial charge in [-0.25, -0.2) is 4.79 Å². The Hall–Kier alpha value is -3.50. The van der Waals surface area contributed by atoms with E-state index in [4.69, 9.17) is 0 Å². The lowest BCUT2D eigenvalue weighted by Crippen LogP contribution is -2.30. The van der Waals surface area contributed by atoms with Crippen LogP contribution >= 0.6 is 11.3 Å². The van der Waals surface area contributed by atoms with Gasteiger partial charge in [-0.15, -0.1) is 4.90 Å². The minimum absolute atomic E-state index is 0.0147. The molecule has 0 saturated carbocycles. The molecular formula is C24H17N2OS+. The summed E-state index contributed by atoms with van der Waals surface area (Å²) in [7, 11) is 0. The molecule has 0 N–H and O–H groups in total. The third kappa shape index (κ3) is 2.75. The summed E-state index contributed by atoms with van der Waals surface area (Å²) in [5.41, 5.74) is 4.65. The first-order chi connectivity index (χ1) is 13.8. The molecule has 1 aromatic heterocycles. The smallest absolute Gasteiger partial charge is 0.236 e. The molecule has 4 heteroatoms. The van der Waals surface area contributed by atoms with E-state index in [0.29, 0.717) is 5.70 Å². The van der Waals surface area contributed by atoms with E-state index in [-0.39, 0.29) is 5.91 Å². The molecule has 3 nitrogen and oxygen atoms in total. The van der Waals surface area contributed by atoms with Gasteiger partial charge in [-0.1, -0.05) is 90.2 Å². The number of fused-ring (bicyclic) bond motifs is 1. The van der Waals surface area contributed by atoms with Crippen LogP contribution in [0.15, 0.2) is 96.4 Å². The Kier molecular flexibility index (Phi) is 4.11. The van der Waals surface area contributed by atoms with Crippen molar-refractivity contribution in [2.24, 2.45) is 0 Å². The highest BCUT2D eigenvalue weighted by molar-refractivity contribution is 7.14. The van der Waals surface area contributed by atoms with Gasteiger partial charge in [-0.2, -0.15) is 4.57 Å². The number of benzene rings is 3. The lowest BCUT2D eigenvalue weighted by atomic mass is 10.1. The van der Waals surface area contributed by atoms with Crippen molar-refractivity contribution in [1.82, 2.24) is 0 Å². The minimum Gasteiger partial charge on any atom is -0.236 e. The van der Waals surface area contributed by atoms with E-state index < -0.39 is 0 Å². The van der Waals surface area contributed by atoms with Crippen molar-refractivity contribution in [2.45, 2.75) is 0 Å². The molecule has 0 radical (unpaired) electrons. The Morgan fingerprint density at radius 2 is 1.39 bits per heavy atom. The monoisotopic (exact) mass is 381 g/mol. The zero-order valence-electron chi connectivity index (χ0n) is 15.0. The molecular weight excluding hydrogens is 364 g/mol. The summed E-state index contributed by atoms with van der Waals surface area (Å²) in [6.07, 6.45) is 1.97. The SMILES string of the molecule is O=C1/C(=C\c2ccccc2)[n+]2c(-c3ccccc3)csc2N1c1ccccc1. The number of carbonyl (C=O) groups excluding carboxylic acids is 1. The van der Waals surface area contributed by atoms with Crippen molar-refractivity contribution >= 4 is 39.8 Å². The number of carbonyl (C=O) groups is 1. The Morgan fingerprint density at radius 3 is 2.07 bits per heavy atom. The van der Waals surface area contributed by atoms with Crippen molar-refractivity contribution < 1.29 is 9.36 Å². The number of thiazole rings is 1. The first kappa shape index (κ1) is 16.7. The van der Waals surface area contributed by atoms with Gasteiger partial charge >= 0.3 is 11.0 Å². The molecule has 2 heterocycles. The van der Waals surface area contributed by atoms with Crippen LogP contribution in [0.3, 0.4) is 0 Å². The van der Waals surface area contributed by atoms with Gasteiger partial charge in [0.15, 0.2) is 5.69 Å². The van der Waals surface area contributed by atoms with E-state index in [1.54, 1.807) is 16.2 Å². The number of anilines is 2. The quantitative estimate of drug-likeness (QED) is 0.345. The predicted molar refractivity (Wildman–Crippen MR) is 114 cm³/mol. The van der Waals surface area contributed by atoms with Crippen molar-refractivity contribution in [3.63, 3.8) is 0 Å². The molecule has 4 aromatic rings. The van der Waals surface area contributed by atoms with Gasteiger partial charge in [0, 0.05) is 17.0 Å². The van der Waals surface area contributed by atoms with Gasteiger partial charge in [0.2, 0.25) is 5.70 Å². The summed E-state index contributed by atoms with van der Waals surface area (Å²) in [6, 6.07) is 30.0. The van der Waals surface area contributed by atoms with E-state index in [0.717, 1.165) is 27.6 Å². The summed E-state index contributed by atoms with van der Waals surface area (Å²) in [4.78, 5) is 15.3. The maximum absolute atomic E-state index is 13.5. The largest absolute Gasteiger partial charge is 0.387 e. The van der Waals surface area contributed by atoms with Crippen LogP contribution in [0.2, 0.25) is 0 Å². The molecule has 0 fully saturated rings. The van der Waals surface area contributed by atoms with E-state index in [1.807, 2.05) is 84.9 Å². The Bertz CT molecular complexity index is 1170. The van der Waals surface area contributed by atoms with E-state index >= 15 is 0 Å². The van der Waals surface area contributed by atoms with Crippen molar-refractivity contribution in [1.29, 1.82) is 0 Å². The average Bonchev–Trinajstić information content (AvgIpc) is 3.29. The van der Waals surface area contributed by atoms with Crippen molar-refractivity contribution in [3.05, 3.63) is 102 Å². The number of hydrogen-bond acceptors (Lipinski definition) is 2. The Morgan fingerprint density at radius 1 is 0.786 bits per heavy atom. The molecule has 3 aromatic carbocycles. The zero-order chi connectivity index (χ0) is 18.9. The molecule has 0 aliphatic carbocycles. The van der Waals surface area contributed by atoms with Crippen molar-refractivity contribution in [2.75, 3.05) is 4.90 Å². The molecule has 1 aliphatic heterocycles. The highest BCUT2D eigenvalue weighted by Crippen LogP contribution is 2.38. The Balaban J connectivity index is 1.73. The summed E-state index contributed by atoms with van der Waals surface area (Å²) in [5, 5.41) is 3.02. The second kappa shape index (κ2) is 6.91. The number of para-hydroxylation sites is 1. The number of nitrogens with zero attached hydrogens (tertiary/aromatic N) is 2. The molecule has 28 heavy (non-hydrogen) atoms. The summed E-state index contributed by atoms with van der Waals surface area (Å²) in [5.74, 6) is -0.0147. The van der Waals surface area contributed by atoms with Crippen molar-refractivity contribution in [3.8, 4) is 11.3 Å². The average molecular weight is 381 g/mol. The molecule has 0 bridgehead atoms. The first-order valence-corrected chi connectivity index (χ1v) is 9.96. The molecule has 0 atom stereocenters. The summed E-state index contributed by atoms with van der Waals surface area (Å²) in [6.45, 7) is 0. The second-order valence-electron chi connectivity index (χ2n) is 6.52. The maximum Gasteiger partial charge on any atom is 0.387 e. The molecule has 1 aliphatic rings. The van der Waals surface area contributed by atoms with Gasteiger partial charge in [0.1, 0.15) is 5.69 Å². The first-order valence-electron chi connectivity index (χ1n) is 9.08. The van der Waals surface area contributed by atoms with Crippen LogP contribution in [0.25, 0.3) is 23.0 Å². The highest BCUT2D eigenvalue weighted by Gasteiger charge is 2.46. The summed E-state index contributed by atoms with van der Waals surface area (Å²) < 4.78 is 2.07. The maximum atomic E-state index is 13.5. The van der Waals surface area contributed by atoms with Gasteiger partial charge in [0.25, 0.3) is 0 Å². The van der Waals surface area contributed by atoms with Gasteiger partial charge in [-0.3, -0.25) is 0 Å². The fourth-order valence-corrected chi connectivity index (χ4v) is 4.50. The third-order valence-corrected chi connectivity index (χ3v) is 5.67. The molecule has 1 amide bonds. The number of hydrogen-bond donors (Lipinski definition) is 0. The van der Waals surface area contributed by atoms with E-state index in [1.165, 1.54) is 0 Å². The minimum atomic E-state index is -0.0147. The molecule has 0 spiro atoms. The van der Waals surface area contributed by atoms with Crippen LogP contribution in [0.4, 0.5) is 10.8 Å². The fourth-order valence-electron chi connectivity index (χ4n) is 3.44. The Labute approximate surface area is 167 Å². The highest BCUT2D eigenvalue weighted by atomic mass is 32.1. The topological polar surface area (TPSA) is 24.2 Å². The zero-order valence-corrected chi connectivity index (χ0v) is 15.8. The molecule has 0 saturated heterocycles. The van der Waals surface area contributed by atoms with Crippen LogP contribution in [0, 0.1) is 0 Å². The van der Waals surface area contributed by atoms with Crippen LogP contribution in [0.5, 0.6) is 0 Å². The van der Waals surface area contributed by atoms with Gasteiger partial charge < -0.3 is 0 Å². The van der Waals surface area contributed by atoms with E-state index in [9.17, 15) is 4.79 Å². The second-order valence-corrected chi connectivity index (χ2v) is 7.36. The summed E-state index contributed by atoms with van der Waals surface area (Å²) >= 11 is 1.58.